The first kappa shape index (κ1) is 17.5. The minimum absolute atomic E-state index is 0.263. The van der Waals surface area contributed by atoms with E-state index in [0.29, 0.717) is 18.3 Å². The lowest BCUT2D eigenvalue weighted by atomic mass is 10.1. The number of anilines is 4. The van der Waals surface area contributed by atoms with Gasteiger partial charge in [0.05, 0.1) is 18.2 Å². The van der Waals surface area contributed by atoms with E-state index in [9.17, 15) is 0 Å². The van der Waals surface area contributed by atoms with Crippen molar-refractivity contribution in [1.29, 1.82) is 0 Å². The molecular formula is C20H19N7O. The number of hydrogen-bond donors (Lipinski definition) is 3. The lowest BCUT2D eigenvalue weighted by Crippen LogP contribution is -2.04. The monoisotopic (exact) mass is 373 g/mol. The molecule has 4 aromatic rings. The number of aryl methyl sites for hydroxylation is 1. The standard InChI is InChI=1S/C20H19N7O/c1-13-10-23-19(21)27-18(13)15-2-4-16(5-3-15)25-17-6-8-22-20(26-17)24-11-14-7-9-28-12-14/h2-10,12H,11H2,1H3,(H2,21,23,27)(H2,22,24,25,26). The van der Waals surface area contributed by atoms with Crippen LogP contribution in [0.4, 0.5) is 23.4 Å². The third-order valence-corrected chi connectivity index (χ3v) is 4.11. The maximum atomic E-state index is 5.71. The number of aromatic nitrogens is 4. The number of nitrogen functional groups attached to an aromatic ring is 1. The molecule has 0 aliphatic heterocycles. The molecule has 0 unspecified atom stereocenters. The summed E-state index contributed by atoms with van der Waals surface area (Å²) in [6.07, 6.45) is 6.75. The lowest BCUT2D eigenvalue weighted by molar-refractivity contribution is 0.564. The molecule has 140 valence electrons. The van der Waals surface area contributed by atoms with Gasteiger partial charge in [0.1, 0.15) is 5.82 Å². The van der Waals surface area contributed by atoms with Crippen molar-refractivity contribution in [3.63, 3.8) is 0 Å². The number of furan rings is 1. The molecule has 8 heteroatoms. The van der Waals surface area contributed by atoms with Crippen LogP contribution in [0.25, 0.3) is 11.3 Å². The van der Waals surface area contributed by atoms with Gasteiger partial charge >= 0.3 is 0 Å². The Labute approximate surface area is 161 Å². The van der Waals surface area contributed by atoms with Gasteiger partial charge in [0.25, 0.3) is 0 Å². The topological polar surface area (TPSA) is 115 Å². The van der Waals surface area contributed by atoms with Crippen molar-refractivity contribution < 1.29 is 4.42 Å². The van der Waals surface area contributed by atoms with Crippen LogP contribution in [0, 0.1) is 6.92 Å². The summed E-state index contributed by atoms with van der Waals surface area (Å²) in [5, 5.41) is 6.44. The maximum Gasteiger partial charge on any atom is 0.224 e. The van der Waals surface area contributed by atoms with Crippen molar-refractivity contribution in [3.8, 4) is 11.3 Å². The average molecular weight is 373 g/mol. The summed E-state index contributed by atoms with van der Waals surface area (Å²) in [5.74, 6) is 1.49. The Morgan fingerprint density at radius 1 is 1.04 bits per heavy atom. The average Bonchev–Trinajstić information content (AvgIpc) is 3.23. The zero-order valence-corrected chi connectivity index (χ0v) is 15.3. The Kier molecular flexibility index (Phi) is 4.83. The molecule has 0 atom stereocenters. The molecule has 0 fully saturated rings. The molecule has 1 aromatic carbocycles. The minimum Gasteiger partial charge on any atom is -0.472 e. The van der Waals surface area contributed by atoms with Crippen LogP contribution in [0.1, 0.15) is 11.1 Å². The molecule has 0 amide bonds. The highest BCUT2D eigenvalue weighted by Crippen LogP contribution is 2.24. The zero-order chi connectivity index (χ0) is 19.3. The van der Waals surface area contributed by atoms with E-state index in [1.54, 1.807) is 24.9 Å². The van der Waals surface area contributed by atoms with E-state index in [4.69, 9.17) is 10.2 Å². The van der Waals surface area contributed by atoms with E-state index in [-0.39, 0.29) is 5.95 Å². The van der Waals surface area contributed by atoms with Gasteiger partial charge in [-0.05, 0) is 36.8 Å². The van der Waals surface area contributed by atoms with Crippen LogP contribution < -0.4 is 16.4 Å². The van der Waals surface area contributed by atoms with Gasteiger partial charge in [-0.1, -0.05) is 12.1 Å². The summed E-state index contributed by atoms with van der Waals surface area (Å²) < 4.78 is 5.05. The zero-order valence-electron chi connectivity index (χ0n) is 15.3. The Bertz CT molecular complexity index is 1060. The first-order valence-corrected chi connectivity index (χ1v) is 8.72. The molecule has 4 N–H and O–H groups in total. The Hall–Kier alpha value is -3.94. The summed E-state index contributed by atoms with van der Waals surface area (Å²) in [4.78, 5) is 17.0. The van der Waals surface area contributed by atoms with Gasteiger partial charge in [0, 0.05) is 35.8 Å². The summed E-state index contributed by atoms with van der Waals surface area (Å²) >= 11 is 0. The number of nitrogens with two attached hydrogens (primary N) is 1. The second-order valence-electron chi connectivity index (χ2n) is 6.21. The number of benzene rings is 1. The van der Waals surface area contributed by atoms with E-state index in [1.165, 1.54) is 0 Å². The Morgan fingerprint density at radius 2 is 1.89 bits per heavy atom. The van der Waals surface area contributed by atoms with Crippen molar-refractivity contribution in [2.75, 3.05) is 16.4 Å². The van der Waals surface area contributed by atoms with Crippen LogP contribution in [0.2, 0.25) is 0 Å². The molecule has 0 aliphatic rings. The van der Waals surface area contributed by atoms with Gasteiger partial charge in [-0.2, -0.15) is 4.98 Å². The highest BCUT2D eigenvalue weighted by molar-refractivity contribution is 5.67. The molecule has 28 heavy (non-hydrogen) atoms. The third kappa shape index (κ3) is 4.07. The van der Waals surface area contributed by atoms with Crippen molar-refractivity contribution in [1.82, 2.24) is 19.9 Å². The SMILES string of the molecule is Cc1cnc(N)nc1-c1ccc(Nc2ccnc(NCc3ccoc3)n2)cc1. The summed E-state index contributed by atoms with van der Waals surface area (Å²) in [6, 6.07) is 11.6. The van der Waals surface area contributed by atoms with Crippen molar-refractivity contribution in [3.05, 3.63) is 72.4 Å². The smallest absolute Gasteiger partial charge is 0.224 e. The summed E-state index contributed by atoms with van der Waals surface area (Å²) in [5.41, 5.74) is 10.4. The Balaban J connectivity index is 1.45. The Morgan fingerprint density at radius 3 is 2.68 bits per heavy atom. The lowest BCUT2D eigenvalue weighted by Gasteiger charge is -2.09. The highest BCUT2D eigenvalue weighted by atomic mass is 16.3. The molecule has 3 heterocycles. The van der Waals surface area contributed by atoms with E-state index >= 15 is 0 Å². The molecule has 4 rings (SSSR count). The predicted octanol–water partition coefficient (Wildman–Crippen LogP) is 3.77. The largest absolute Gasteiger partial charge is 0.472 e. The van der Waals surface area contributed by atoms with Crippen LogP contribution in [0.15, 0.2) is 65.7 Å². The molecule has 0 spiro atoms. The fourth-order valence-electron chi connectivity index (χ4n) is 2.70. The number of hydrogen-bond acceptors (Lipinski definition) is 8. The van der Waals surface area contributed by atoms with E-state index < -0.39 is 0 Å². The second kappa shape index (κ2) is 7.75. The minimum atomic E-state index is 0.263. The normalized spacial score (nSPS) is 10.6. The van der Waals surface area contributed by atoms with Gasteiger partial charge in [-0.25, -0.2) is 15.0 Å². The predicted molar refractivity (Wildman–Crippen MR) is 108 cm³/mol. The van der Waals surface area contributed by atoms with E-state index in [2.05, 4.69) is 30.6 Å². The first-order chi connectivity index (χ1) is 13.7. The van der Waals surface area contributed by atoms with Crippen molar-refractivity contribution >= 4 is 23.4 Å². The number of nitrogens with zero attached hydrogens (tertiary/aromatic N) is 4. The van der Waals surface area contributed by atoms with Crippen LogP contribution in [0.3, 0.4) is 0 Å². The molecule has 8 nitrogen and oxygen atoms in total. The molecular weight excluding hydrogens is 354 g/mol. The quantitative estimate of drug-likeness (QED) is 0.468. The van der Waals surface area contributed by atoms with Gasteiger partial charge in [-0.15, -0.1) is 0 Å². The third-order valence-electron chi connectivity index (χ3n) is 4.11. The van der Waals surface area contributed by atoms with Crippen LogP contribution in [0.5, 0.6) is 0 Å². The van der Waals surface area contributed by atoms with Crippen LogP contribution >= 0.6 is 0 Å². The fourth-order valence-corrected chi connectivity index (χ4v) is 2.70. The molecule has 3 aromatic heterocycles. The van der Waals surface area contributed by atoms with Gasteiger partial charge in [0.15, 0.2) is 0 Å². The van der Waals surface area contributed by atoms with Gasteiger partial charge in [-0.3, -0.25) is 0 Å². The molecule has 0 aliphatic carbocycles. The highest BCUT2D eigenvalue weighted by Gasteiger charge is 2.06. The van der Waals surface area contributed by atoms with Crippen molar-refractivity contribution in [2.45, 2.75) is 13.5 Å². The molecule has 0 saturated heterocycles. The molecule has 0 radical (unpaired) electrons. The van der Waals surface area contributed by atoms with Gasteiger partial charge < -0.3 is 20.8 Å². The van der Waals surface area contributed by atoms with E-state index in [0.717, 1.165) is 28.1 Å². The fraction of sp³-hybridized carbons (Fsp3) is 0.100. The van der Waals surface area contributed by atoms with Crippen molar-refractivity contribution in [2.24, 2.45) is 0 Å². The second-order valence-corrected chi connectivity index (χ2v) is 6.21. The first-order valence-electron chi connectivity index (χ1n) is 8.72. The van der Waals surface area contributed by atoms with Gasteiger partial charge in [0.2, 0.25) is 11.9 Å². The van der Waals surface area contributed by atoms with E-state index in [1.807, 2.05) is 43.3 Å². The maximum absolute atomic E-state index is 5.71. The number of nitrogens with one attached hydrogen (secondary N) is 2. The molecule has 0 saturated carbocycles. The van der Waals surface area contributed by atoms with Crippen LogP contribution in [-0.4, -0.2) is 19.9 Å². The molecule has 0 bridgehead atoms. The summed E-state index contributed by atoms with van der Waals surface area (Å²) in [6.45, 7) is 2.55. The summed E-state index contributed by atoms with van der Waals surface area (Å²) in [7, 11) is 0. The number of rotatable bonds is 6. The van der Waals surface area contributed by atoms with Crippen LogP contribution in [-0.2, 0) is 6.54 Å².